The second-order valence-corrected chi connectivity index (χ2v) is 3.79. The van der Waals surface area contributed by atoms with Crippen molar-refractivity contribution in [3.63, 3.8) is 0 Å². The summed E-state index contributed by atoms with van der Waals surface area (Å²) in [6.45, 7) is 4.91. The number of nitrogens with one attached hydrogen (secondary N) is 1. The Morgan fingerprint density at radius 1 is 1.67 bits per heavy atom. The number of nitrogens with zero attached hydrogens (tertiary/aromatic N) is 3. The lowest BCUT2D eigenvalue weighted by Gasteiger charge is -2.33. The van der Waals surface area contributed by atoms with Crippen molar-refractivity contribution in [2.45, 2.75) is 13.0 Å². The maximum atomic E-state index is 8.98. The highest BCUT2D eigenvalue weighted by Crippen LogP contribution is 2.17. The maximum Gasteiger partial charge on any atom is 0.146 e. The first-order chi connectivity index (χ1) is 7.31. The quantitative estimate of drug-likeness (QED) is 0.730. The molecule has 0 saturated carbocycles. The van der Waals surface area contributed by atoms with Gasteiger partial charge in [0.15, 0.2) is 0 Å². The topological polar surface area (TPSA) is 52.0 Å². The van der Waals surface area contributed by atoms with Gasteiger partial charge in [-0.15, -0.1) is 0 Å². The van der Waals surface area contributed by atoms with E-state index in [1.165, 1.54) is 0 Å². The van der Waals surface area contributed by atoms with Crippen LogP contribution in [0.25, 0.3) is 0 Å². The molecule has 1 aliphatic rings. The molecule has 4 heteroatoms. The second-order valence-electron chi connectivity index (χ2n) is 3.79. The third kappa shape index (κ3) is 2.08. The van der Waals surface area contributed by atoms with E-state index in [2.05, 4.69) is 28.2 Å². The Morgan fingerprint density at radius 2 is 2.53 bits per heavy atom. The van der Waals surface area contributed by atoms with Crippen LogP contribution in [-0.4, -0.2) is 30.7 Å². The molecule has 1 aromatic rings. The molecule has 2 rings (SSSR count). The van der Waals surface area contributed by atoms with Gasteiger partial charge in [0.1, 0.15) is 11.9 Å². The Bertz CT molecular complexity index is 382. The van der Waals surface area contributed by atoms with Crippen molar-refractivity contribution < 1.29 is 0 Å². The number of aromatic nitrogens is 1. The summed E-state index contributed by atoms with van der Waals surface area (Å²) >= 11 is 0. The van der Waals surface area contributed by atoms with Crippen molar-refractivity contribution in [2.24, 2.45) is 0 Å². The third-order valence-electron chi connectivity index (χ3n) is 2.58. The van der Waals surface area contributed by atoms with Crippen molar-refractivity contribution in [1.82, 2.24) is 10.3 Å². The molecular weight excluding hydrogens is 188 g/mol. The minimum atomic E-state index is 0.451. The predicted molar refractivity (Wildman–Crippen MR) is 58.6 cm³/mol. The summed E-state index contributed by atoms with van der Waals surface area (Å²) in [5.74, 6) is 0.813. The molecule has 2 heterocycles. The second kappa shape index (κ2) is 4.28. The van der Waals surface area contributed by atoms with E-state index < -0.39 is 0 Å². The van der Waals surface area contributed by atoms with E-state index in [0.717, 1.165) is 25.5 Å². The SMILES string of the molecule is C[C@@H]1CN(c2ncccc2C#N)CCN1. The molecule has 1 N–H and O–H groups in total. The van der Waals surface area contributed by atoms with Gasteiger partial charge in [-0.05, 0) is 19.1 Å². The lowest BCUT2D eigenvalue weighted by molar-refractivity contribution is 0.482. The van der Waals surface area contributed by atoms with E-state index in [0.29, 0.717) is 11.6 Å². The average Bonchev–Trinajstić information content (AvgIpc) is 2.29. The molecule has 1 aromatic heterocycles. The van der Waals surface area contributed by atoms with Crippen LogP contribution in [0, 0.1) is 11.3 Å². The van der Waals surface area contributed by atoms with Crippen molar-refractivity contribution in [3.05, 3.63) is 23.9 Å². The molecule has 0 aromatic carbocycles. The van der Waals surface area contributed by atoms with Crippen LogP contribution in [0.15, 0.2) is 18.3 Å². The Balaban J connectivity index is 2.25. The van der Waals surface area contributed by atoms with Crippen LogP contribution >= 0.6 is 0 Å². The number of rotatable bonds is 1. The van der Waals surface area contributed by atoms with Crippen molar-refractivity contribution in [3.8, 4) is 6.07 Å². The van der Waals surface area contributed by atoms with Crippen LogP contribution in [0.4, 0.5) is 5.82 Å². The summed E-state index contributed by atoms with van der Waals surface area (Å²) in [5.41, 5.74) is 0.659. The van der Waals surface area contributed by atoms with Crippen molar-refractivity contribution >= 4 is 5.82 Å². The highest BCUT2D eigenvalue weighted by Gasteiger charge is 2.18. The average molecular weight is 202 g/mol. The summed E-state index contributed by atoms with van der Waals surface area (Å²) in [5, 5.41) is 12.3. The van der Waals surface area contributed by atoms with Gasteiger partial charge in [-0.25, -0.2) is 4.98 Å². The fraction of sp³-hybridized carbons (Fsp3) is 0.455. The van der Waals surface area contributed by atoms with E-state index >= 15 is 0 Å². The molecule has 0 aliphatic carbocycles. The van der Waals surface area contributed by atoms with E-state index in [1.54, 1.807) is 12.3 Å². The van der Waals surface area contributed by atoms with E-state index in [-0.39, 0.29) is 0 Å². The summed E-state index contributed by atoms with van der Waals surface area (Å²) in [6.07, 6.45) is 1.74. The fourth-order valence-corrected chi connectivity index (χ4v) is 1.86. The highest BCUT2D eigenvalue weighted by molar-refractivity contribution is 5.53. The molecule has 1 aliphatic heterocycles. The van der Waals surface area contributed by atoms with Gasteiger partial charge in [-0.2, -0.15) is 5.26 Å². The molecule has 0 unspecified atom stereocenters. The number of nitriles is 1. The monoisotopic (exact) mass is 202 g/mol. The zero-order chi connectivity index (χ0) is 10.7. The number of piperazine rings is 1. The third-order valence-corrected chi connectivity index (χ3v) is 2.58. The smallest absolute Gasteiger partial charge is 0.146 e. The van der Waals surface area contributed by atoms with Crippen LogP contribution in [0.3, 0.4) is 0 Å². The summed E-state index contributed by atoms with van der Waals surface area (Å²) < 4.78 is 0. The predicted octanol–water partition coefficient (Wildman–Crippen LogP) is 0.751. The first-order valence-corrected chi connectivity index (χ1v) is 5.14. The van der Waals surface area contributed by atoms with Gasteiger partial charge in [0.25, 0.3) is 0 Å². The lowest BCUT2D eigenvalue weighted by atomic mass is 10.2. The van der Waals surface area contributed by atoms with Crippen LogP contribution in [0.2, 0.25) is 0 Å². The molecule has 1 atom stereocenters. The minimum absolute atomic E-state index is 0.451. The number of hydrogen-bond donors (Lipinski definition) is 1. The van der Waals surface area contributed by atoms with Crippen molar-refractivity contribution in [2.75, 3.05) is 24.5 Å². The molecule has 15 heavy (non-hydrogen) atoms. The minimum Gasteiger partial charge on any atom is -0.353 e. The molecule has 78 valence electrons. The normalized spacial score (nSPS) is 21.1. The van der Waals surface area contributed by atoms with E-state index in [4.69, 9.17) is 5.26 Å². The summed E-state index contributed by atoms with van der Waals surface area (Å²) in [6, 6.07) is 6.25. The molecule has 4 nitrogen and oxygen atoms in total. The van der Waals surface area contributed by atoms with Gasteiger partial charge < -0.3 is 10.2 Å². The van der Waals surface area contributed by atoms with E-state index in [1.807, 2.05) is 6.07 Å². The highest BCUT2D eigenvalue weighted by atomic mass is 15.2. The zero-order valence-electron chi connectivity index (χ0n) is 8.77. The Morgan fingerprint density at radius 3 is 3.27 bits per heavy atom. The van der Waals surface area contributed by atoms with Gasteiger partial charge in [0.2, 0.25) is 0 Å². The summed E-state index contributed by atoms with van der Waals surface area (Å²) in [7, 11) is 0. The number of anilines is 1. The fourth-order valence-electron chi connectivity index (χ4n) is 1.86. The lowest BCUT2D eigenvalue weighted by Crippen LogP contribution is -2.49. The van der Waals surface area contributed by atoms with Crippen LogP contribution in [0.1, 0.15) is 12.5 Å². The van der Waals surface area contributed by atoms with Crippen LogP contribution < -0.4 is 10.2 Å². The zero-order valence-corrected chi connectivity index (χ0v) is 8.77. The molecule has 0 radical (unpaired) electrons. The first-order valence-electron chi connectivity index (χ1n) is 5.14. The molecule has 0 amide bonds. The van der Waals surface area contributed by atoms with Crippen LogP contribution in [0.5, 0.6) is 0 Å². The first kappa shape index (κ1) is 9.94. The number of hydrogen-bond acceptors (Lipinski definition) is 4. The Labute approximate surface area is 89.5 Å². The maximum absolute atomic E-state index is 8.98. The van der Waals surface area contributed by atoms with Gasteiger partial charge in [0, 0.05) is 31.9 Å². The van der Waals surface area contributed by atoms with Gasteiger partial charge >= 0.3 is 0 Å². The van der Waals surface area contributed by atoms with Gasteiger partial charge in [-0.1, -0.05) is 0 Å². The number of pyridine rings is 1. The molecule has 1 fully saturated rings. The molecular formula is C11H14N4. The van der Waals surface area contributed by atoms with Gasteiger partial charge in [-0.3, -0.25) is 0 Å². The molecule has 0 bridgehead atoms. The van der Waals surface area contributed by atoms with Crippen LogP contribution in [-0.2, 0) is 0 Å². The largest absolute Gasteiger partial charge is 0.353 e. The van der Waals surface area contributed by atoms with Gasteiger partial charge in [0.05, 0.1) is 5.56 Å². The van der Waals surface area contributed by atoms with Crippen molar-refractivity contribution in [1.29, 1.82) is 5.26 Å². The molecule has 0 spiro atoms. The van der Waals surface area contributed by atoms with E-state index in [9.17, 15) is 0 Å². The Kier molecular flexibility index (Phi) is 2.84. The summed E-state index contributed by atoms with van der Waals surface area (Å²) in [4.78, 5) is 6.45. The standard InChI is InChI=1S/C11H14N4/c1-9-8-15(6-5-13-9)11-10(7-12)3-2-4-14-11/h2-4,9,13H,5-6,8H2,1H3/t9-/m1/s1. The Hall–Kier alpha value is -1.60. The molecule has 1 saturated heterocycles.